The molecule has 3 nitrogen and oxygen atoms in total. The summed E-state index contributed by atoms with van der Waals surface area (Å²) in [5.74, 6) is 0.808. The van der Waals surface area contributed by atoms with Gasteiger partial charge in [-0.1, -0.05) is 36.8 Å². The Bertz CT molecular complexity index is 518. The third kappa shape index (κ3) is 3.14. The summed E-state index contributed by atoms with van der Waals surface area (Å²) in [5, 5.41) is 3.29. The van der Waals surface area contributed by atoms with Gasteiger partial charge in [-0.3, -0.25) is 0 Å². The summed E-state index contributed by atoms with van der Waals surface area (Å²) in [7, 11) is 0. The molecule has 0 saturated carbocycles. The summed E-state index contributed by atoms with van der Waals surface area (Å²) in [5.41, 5.74) is 4.37. The Labute approximate surface area is 108 Å². The van der Waals surface area contributed by atoms with Crippen LogP contribution in [0.5, 0.6) is 0 Å². The van der Waals surface area contributed by atoms with E-state index in [4.69, 9.17) is 0 Å². The Morgan fingerprint density at radius 3 is 2.44 bits per heavy atom. The maximum absolute atomic E-state index is 4.60. The molecule has 0 amide bonds. The van der Waals surface area contributed by atoms with Gasteiger partial charge in [-0.15, -0.1) is 0 Å². The molecule has 1 aromatic heterocycles. The summed E-state index contributed by atoms with van der Waals surface area (Å²) in [6, 6.07) is 10.3. The maximum atomic E-state index is 4.60. The first kappa shape index (κ1) is 12.7. The summed E-state index contributed by atoms with van der Waals surface area (Å²) in [6.07, 6.45) is 0. The molecule has 3 heteroatoms. The topological polar surface area (TPSA) is 37.8 Å². The molecule has 0 radical (unpaired) electrons. The van der Waals surface area contributed by atoms with Crippen molar-refractivity contribution in [3.05, 3.63) is 47.3 Å². The van der Waals surface area contributed by atoms with Gasteiger partial charge in [-0.25, -0.2) is 9.97 Å². The molecule has 1 N–H and O–H groups in total. The van der Waals surface area contributed by atoms with Gasteiger partial charge in [-0.05, 0) is 26.5 Å². The van der Waals surface area contributed by atoms with Crippen molar-refractivity contribution in [2.75, 3.05) is 6.54 Å². The lowest BCUT2D eigenvalue weighted by Gasteiger charge is -2.07. The number of benzene rings is 1. The lowest BCUT2D eigenvalue weighted by molar-refractivity contribution is 0.708. The van der Waals surface area contributed by atoms with E-state index in [-0.39, 0.29) is 0 Å². The number of hydrogen-bond donors (Lipinski definition) is 1. The van der Waals surface area contributed by atoms with Crippen molar-refractivity contribution in [1.82, 2.24) is 15.3 Å². The van der Waals surface area contributed by atoms with Crippen LogP contribution in [0.15, 0.2) is 30.3 Å². The first-order valence-electron chi connectivity index (χ1n) is 6.31. The van der Waals surface area contributed by atoms with Gasteiger partial charge in [-0.2, -0.15) is 0 Å². The highest BCUT2D eigenvalue weighted by molar-refractivity contribution is 5.55. The maximum Gasteiger partial charge on any atom is 0.159 e. The predicted molar refractivity (Wildman–Crippen MR) is 74.3 cm³/mol. The highest BCUT2D eigenvalue weighted by Gasteiger charge is 2.04. The monoisotopic (exact) mass is 241 g/mol. The van der Waals surface area contributed by atoms with E-state index < -0.39 is 0 Å². The summed E-state index contributed by atoms with van der Waals surface area (Å²) in [4.78, 5) is 9.10. The molecule has 2 rings (SSSR count). The van der Waals surface area contributed by atoms with Gasteiger partial charge in [0.2, 0.25) is 0 Å². The zero-order valence-corrected chi connectivity index (χ0v) is 11.2. The van der Waals surface area contributed by atoms with Crippen LogP contribution in [0, 0.1) is 13.8 Å². The second-order valence-corrected chi connectivity index (χ2v) is 4.47. The highest BCUT2D eigenvalue weighted by atomic mass is 14.9. The fourth-order valence-electron chi connectivity index (χ4n) is 1.81. The van der Waals surface area contributed by atoms with E-state index in [9.17, 15) is 0 Å². The fourth-order valence-corrected chi connectivity index (χ4v) is 1.81. The number of aromatic nitrogens is 2. The largest absolute Gasteiger partial charge is 0.311 e. The van der Waals surface area contributed by atoms with E-state index in [0.29, 0.717) is 0 Å². The van der Waals surface area contributed by atoms with Crippen LogP contribution in [0.3, 0.4) is 0 Å². The highest BCUT2D eigenvalue weighted by Crippen LogP contribution is 2.16. The van der Waals surface area contributed by atoms with Crippen LogP contribution in [0.25, 0.3) is 11.4 Å². The normalized spacial score (nSPS) is 10.6. The van der Waals surface area contributed by atoms with E-state index in [1.54, 1.807) is 0 Å². The molecule has 0 fully saturated rings. The molecule has 0 aliphatic heterocycles. The van der Waals surface area contributed by atoms with Gasteiger partial charge in [0.15, 0.2) is 5.82 Å². The van der Waals surface area contributed by atoms with E-state index >= 15 is 0 Å². The molecule has 2 aromatic rings. The smallest absolute Gasteiger partial charge is 0.159 e. The second kappa shape index (κ2) is 5.74. The van der Waals surface area contributed by atoms with E-state index in [1.165, 1.54) is 5.56 Å². The quantitative estimate of drug-likeness (QED) is 0.894. The summed E-state index contributed by atoms with van der Waals surface area (Å²) < 4.78 is 0. The van der Waals surface area contributed by atoms with Crippen molar-refractivity contribution in [3.8, 4) is 11.4 Å². The van der Waals surface area contributed by atoms with Crippen LogP contribution in [-0.2, 0) is 6.54 Å². The van der Waals surface area contributed by atoms with Gasteiger partial charge < -0.3 is 5.32 Å². The first-order chi connectivity index (χ1) is 8.69. The molecule has 0 saturated heterocycles. The molecule has 0 bridgehead atoms. The molecule has 1 heterocycles. The number of hydrogen-bond acceptors (Lipinski definition) is 3. The van der Waals surface area contributed by atoms with Crippen LogP contribution in [0.4, 0.5) is 0 Å². The minimum Gasteiger partial charge on any atom is -0.311 e. The predicted octanol–water partition coefficient (Wildman–Crippen LogP) is 2.87. The van der Waals surface area contributed by atoms with E-state index in [1.807, 2.05) is 13.0 Å². The number of nitrogens with zero attached hydrogens (tertiary/aromatic N) is 2. The number of rotatable bonds is 4. The molecule has 0 unspecified atom stereocenters. The fraction of sp³-hybridized carbons (Fsp3) is 0.333. The average molecular weight is 241 g/mol. The first-order valence-corrected chi connectivity index (χ1v) is 6.31. The Morgan fingerprint density at radius 2 is 1.78 bits per heavy atom. The van der Waals surface area contributed by atoms with Gasteiger partial charge in [0, 0.05) is 17.8 Å². The lowest BCUT2D eigenvalue weighted by atomic mass is 10.1. The Balaban J connectivity index is 2.32. The van der Waals surface area contributed by atoms with Crippen LogP contribution in [0.2, 0.25) is 0 Å². The lowest BCUT2D eigenvalue weighted by Crippen LogP contribution is -2.13. The number of aryl methyl sites for hydroxylation is 2. The Morgan fingerprint density at radius 1 is 1.06 bits per heavy atom. The van der Waals surface area contributed by atoms with Crippen LogP contribution in [0.1, 0.15) is 23.9 Å². The Hall–Kier alpha value is -1.74. The van der Waals surface area contributed by atoms with Crippen molar-refractivity contribution in [1.29, 1.82) is 0 Å². The van der Waals surface area contributed by atoms with Gasteiger partial charge in [0.25, 0.3) is 0 Å². The molecular weight excluding hydrogens is 222 g/mol. The Kier molecular flexibility index (Phi) is 4.05. The number of nitrogens with one attached hydrogen (secondary N) is 1. The minimum atomic E-state index is 0.790. The van der Waals surface area contributed by atoms with Crippen LogP contribution in [-0.4, -0.2) is 16.5 Å². The van der Waals surface area contributed by atoms with Crippen LogP contribution >= 0.6 is 0 Å². The van der Waals surface area contributed by atoms with Crippen molar-refractivity contribution < 1.29 is 0 Å². The third-order valence-electron chi connectivity index (χ3n) is 2.77. The zero-order valence-electron chi connectivity index (χ0n) is 11.2. The standard InChI is InChI=1S/C15H19N3/c1-4-16-10-14-9-12(3)17-15(18-14)13-7-5-11(2)6-8-13/h5-9,16H,4,10H2,1-3H3. The van der Waals surface area contributed by atoms with E-state index in [0.717, 1.165) is 35.9 Å². The molecule has 18 heavy (non-hydrogen) atoms. The zero-order chi connectivity index (χ0) is 13.0. The molecule has 0 spiro atoms. The molecule has 1 aromatic carbocycles. The molecule has 0 aliphatic carbocycles. The van der Waals surface area contributed by atoms with E-state index in [2.05, 4.69) is 53.4 Å². The molecule has 94 valence electrons. The van der Waals surface area contributed by atoms with Gasteiger partial charge in [0.1, 0.15) is 0 Å². The minimum absolute atomic E-state index is 0.790. The molecule has 0 atom stereocenters. The molecular formula is C15H19N3. The average Bonchev–Trinajstić information content (AvgIpc) is 2.36. The second-order valence-electron chi connectivity index (χ2n) is 4.47. The molecule has 0 aliphatic rings. The van der Waals surface area contributed by atoms with Crippen molar-refractivity contribution >= 4 is 0 Å². The van der Waals surface area contributed by atoms with Gasteiger partial charge >= 0.3 is 0 Å². The van der Waals surface area contributed by atoms with Crippen molar-refractivity contribution in [2.45, 2.75) is 27.3 Å². The van der Waals surface area contributed by atoms with Crippen molar-refractivity contribution in [3.63, 3.8) is 0 Å². The van der Waals surface area contributed by atoms with Crippen molar-refractivity contribution in [2.24, 2.45) is 0 Å². The summed E-state index contributed by atoms with van der Waals surface area (Å²) >= 11 is 0. The third-order valence-corrected chi connectivity index (χ3v) is 2.77. The van der Waals surface area contributed by atoms with Crippen LogP contribution < -0.4 is 5.32 Å². The van der Waals surface area contributed by atoms with Gasteiger partial charge in [0.05, 0.1) is 5.69 Å². The SMILES string of the molecule is CCNCc1cc(C)nc(-c2ccc(C)cc2)n1. The summed E-state index contributed by atoms with van der Waals surface area (Å²) in [6.45, 7) is 7.92.